The van der Waals surface area contributed by atoms with Crippen LogP contribution >= 0.6 is 0 Å². The van der Waals surface area contributed by atoms with Crippen molar-refractivity contribution in [3.8, 4) is 0 Å². The van der Waals surface area contributed by atoms with E-state index in [1.165, 1.54) is 327 Å². The second-order valence-electron chi connectivity index (χ2n) is 32.1. The Morgan fingerprint density at radius 2 is 0.657 bits per heavy atom. The molecule has 0 aromatic carbocycles. The molecular formula is C91H171NO13. The van der Waals surface area contributed by atoms with Gasteiger partial charge in [0.05, 0.1) is 32.0 Å². The van der Waals surface area contributed by atoms with E-state index >= 15 is 0 Å². The molecule has 12 unspecified atom stereocenters. The Kier molecular flexibility index (Phi) is 70.4. The lowest BCUT2D eigenvalue weighted by Crippen LogP contribution is -2.65. The van der Waals surface area contributed by atoms with E-state index in [1.54, 1.807) is 0 Å². The molecule has 0 saturated carbocycles. The van der Waals surface area contributed by atoms with Crippen LogP contribution in [0.25, 0.3) is 0 Å². The topological polar surface area (TPSA) is 228 Å². The van der Waals surface area contributed by atoms with E-state index in [9.17, 15) is 45.6 Å². The SMILES string of the molecule is CC/C=C\C/C=C\C/C=C\C/C=C\CCCCCCCCCCCCCCCCCCCCCCCCCCCCC(=O)NC(COC1OC(CO)C(OC2OC(CO)C(O)C(O)C2O)C(O)C1O)C(O)CCCCCCCCCCCCCCCCCCCCCCCCCCCCCCCCCC. The summed E-state index contributed by atoms with van der Waals surface area (Å²) in [4.78, 5) is 13.4. The van der Waals surface area contributed by atoms with Gasteiger partial charge in [0.25, 0.3) is 0 Å². The lowest BCUT2D eigenvalue weighted by Gasteiger charge is -2.46. The molecular weight excluding hydrogens is 1310 g/mol. The van der Waals surface area contributed by atoms with Gasteiger partial charge in [-0.1, -0.05) is 422 Å². The number of carbonyl (C=O) groups excluding carboxylic acids is 1. The van der Waals surface area contributed by atoms with E-state index in [0.717, 1.165) is 77.0 Å². The molecule has 2 aliphatic rings. The van der Waals surface area contributed by atoms with Crippen LogP contribution in [0.1, 0.15) is 431 Å². The molecule has 2 heterocycles. The third kappa shape index (κ3) is 56.8. The molecule has 0 aliphatic carbocycles. The predicted molar refractivity (Wildman–Crippen MR) is 438 cm³/mol. The summed E-state index contributed by atoms with van der Waals surface area (Å²) in [5, 5.41) is 88.1. The van der Waals surface area contributed by atoms with Gasteiger partial charge in [0.2, 0.25) is 5.91 Å². The van der Waals surface area contributed by atoms with Gasteiger partial charge in [-0.2, -0.15) is 0 Å². The third-order valence-corrected chi connectivity index (χ3v) is 22.3. The predicted octanol–water partition coefficient (Wildman–Crippen LogP) is 22.1. The maximum atomic E-state index is 13.4. The van der Waals surface area contributed by atoms with Crippen LogP contribution in [0, 0.1) is 0 Å². The van der Waals surface area contributed by atoms with E-state index < -0.39 is 86.8 Å². The number of aliphatic hydroxyl groups excluding tert-OH is 8. The number of unbranched alkanes of at least 4 members (excludes halogenated alkanes) is 57. The van der Waals surface area contributed by atoms with Crippen LogP contribution in [-0.2, 0) is 23.7 Å². The molecule has 2 saturated heterocycles. The molecule has 2 aliphatic heterocycles. The minimum Gasteiger partial charge on any atom is -0.394 e. The molecule has 9 N–H and O–H groups in total. The van der Waals surface area contributed by atoms with Crippen LogP contribution in [0.2, 0.25) is 0 Å². The number of allylic oxidation sites excluding steroid dienone is 8. The van der Waals surface area contributed by atoms with Crippen molar-refractivity contribution >= 4 is 5.91 Å². The van der Waals surface area contributed by atoms with Crippen molar-refractivity contribution in [2.75, 3.05) is 19.8 Å². The number of hydrogen-bond acceptors (Lipinski definition) is 13. The second kappa shape index (κ2) is 74.7. The normalized spacial score (nSPS) is 21.5. The van der Waals surface area contributed by atoms with Crippen LogP contribution in [0.15, 0.2) is 48.6 Å². The maximum absolute atomic E-state index is 13.4. The molecule has 0 aromatic heterocycles. The van der Waals surface area contributed by atoms with Crippen molar-refractivity contribution in [3.63, 3.8) is 0 Å². The second-order valence-corrected chi connectivity index (χ2v) is 32.1. The first kappa shape index (κ1) is 99.0. The van der Waals surface area contributed by atoms with Gasteiger partial charge in [0.1, 0.15) is 48.8 Å². The van der Waals surface area contributed by atoms with Crippen molar-refractivity contribution in [2.45, 2.75) is 505 Å². The number of carbonyl (C=O) groups is 1. The number of hydrogen-bond donors (Lipinski definition) is 9. The van der Waals surface area contributed by atoms with Crippen molar-refractivity contribution in [1.82, 2.24) is 5.32 Å². The van der Waals surface area contributed by atoms with Gasteiger partial charge in [-0.05, 0) is 51.4 Å². The summed E-state index contributed by atoms with van der Waals surface area (Å²) in [5.74, 6) is -0.196. The first-order valence-electron chi connectivity index (χ1n) is 45.4. The maximum Gasteiger partial charge on any atom is 0.220 e. The summed E-state index contributed by atoms with van der Waals surface area (Å²) in [6.45, 7) is 2.83. The zero-order chi connectivity index (χ0) is 75.8. The largest absolute Gasteiger partial charge is 0.394 e. The first-order valence-corrected chi connectivity index (χ1v) is 45.4. The number of rotatable bonds is 78. The molecule has 618 valence electrons. The van der Waals surface area contributed by atoms with Crippen LogP contribution in [0.3, 0.4) is 0 Å². The molecule has 0 bridgehead atoms. The summed E-state index contributed by atoms with van der Waals surface area (Å²) in [6, 6.07) is -0.830. The highest BCUT2D eigenvalue weighted by Crippen LogP contribution is 2.31. The first-order chi connectivity index (χ1) is 51.6. The Labute approximate surface area is 645 Å². The monoisotopic (exact) mass is 1490 g/mol. The number of nitrogens with one attached hydrogen (secondary N) is 1. The zero-order valence-electron chi connectivity index (χ0n) is 68.2. The summed E-state index contributed by atoms with van der Waals surface area (Å²) < 4.78 is 23.0. The van der Waals surface area contributed by atoms with Crippen LogP contribution in [0.4, 0.5) is 0 Å². The average molecular weight is 1490 g/mol. The molecule has 2 rings (SSSR count). The Bertz CT molecular complexity index is 1950. The average Bonchev–Trinajstić information content (AvgIpc) is 0.789. The smallest absolute Gasteiger partial charge is 0.220 e. The van der Waals surface area contributed by atoms with Crippen LogP contribution in [-0.4, -0.2) is 140 Å². The summed E-state index contributed by atoms with van der Waals surface area (Å²) >= 11 is 0. The van der Waals surface area contributed by atoms with Crippen molar-refractivity contribution < 1.29 is 64.6 Å². The number of amides is 1. The molecule has 0 spiro atoms. The molecule has 14 heteroatoms. The highest BCUT2D eigenvalue weighted by Gasteiger charge is 2.51. The highest BCUT2D eigenvalue weighted by molar-refractivity contribution is 5.76. The quantitative estimate of drug-likeness (QED) is 0.0204. The number of aliphatic hydroxyl groups is 8. The summed E-state index contributed by atoms with van der Waals surface area (Å²) in [5.41, 5.74) is 0. The summed E-state index contributed by atoms with van der Waals surface area (Å²) in [6.07, 6.45) is 84.8. The third-order valence-electron chi connectivity index (χ3n) is 22.3. The molecule has 105 heavy (non-hydrogen) atoms. The highest BCUT2D eigenvalue weighted by atomic mass is 16.7. The van der Waals surface area contributed by atoms with Crippen LogP contribution in [0.5, 0.6) is 0 Å². The molecule has 0 radical (unpaired) electrons. The van der Waals surface area contributed by atoms with Crippen LogP contribution < -0.4 is 5.32 Å². The van der Waals surface area contributed by atoms with Gasteiger partial charge in [-0.3, -0.25) is 4.79 Å². The zero-order valence-corrected chi connectivity index (χ0v) is 68.2. The number of ether oxygens (including phenoxy) is 4. The Balaban J connectivity index is 1.54. The molecule has 14 nitrogen and oxygen atoms in total. The standard InChI is InChI=1S/C91H171NO13/c1-3-5-7-9-11-13-15-17-19-21-23-25-27-29-31-33-35-37-38-39-40-41-42-43-45-47-49-51-53-55-57-59-61-63-65-67-69-71-73-75-83(96)92-79(78-102-90-88(101)86(99)89(82(77-94)104-90)105-91-87(100)85(98)84(97)81(76-93)103-91)80(95)74-72-70-68-66-64-62-60-58-56-54-52-50-48-46-44-36-34-32-30-28-26-24-22-20-18-16-14-12-10-8-6-4-2/h5,7,11,13,17,19,23,25,79-82,84-91,93-95,97-101H,3-4,6,8-10,12,14-16,18,20-22,24,26-78H2,1-2H3,(H,92,96)/b7-5-,13-11-,19-17-,25-23-. The van der Waals surface area contributed by atoms with Crippen molar-refractivity contribution in [1.29, 1.82) is 0 Å². The Hall–Kier alpha value is -2.05. The molecule has 1 amide bonds. The molecule has 12 atom stereocenters. The Morgan fingerprint density at radius 1 is 0.352 bits per heavy atom. The van der Waals surface area contributed by atoms with E-state index in [4.69, 9.17) is 18.9 Å². The van der Waals surface area contributed by atoms with Gasteiger partial charge < -0.3 is 65.1 Å². The van der Waals surface area contributed by atoms with Gasteiger partial charge in [-0.25, -0.2) is 0 Å². The lowest BCUT2D eigenvalue weighted by atomic mass is 9.97. The minimum absolute atomic E-state index is 0.196. The lowest BCUT2D eigenvalue weighted by molar-refractivity contribution is -0.359. The Morgan fingerprint density at radius 3 is 1.01 bits per heavy atom. The van der Waals surface area contributed by atoms with Gasteiger partial charge in [0.15, 0.2) is 12.6 Å². The molecule has 0 aromatic rings. The minimum atomic E-state index is -1.78. The van der Waals surface area contributed by atoms with Gasteiger partial charge in [-0.15, -0.1) is 0 Å². The fourth-order valence-corrected chi connectivity index (χ4v) is 15.2. The fraction of sp³-hybridized carbons (Fsp3) is 0.901. The van der Waals surface area contributed by atoms with E-state index in [2.05, 4.69) is 67.8 Å². The van der Waals surface area contributed by atoms with Crippen molar-refractivity contribution in [2.24, 2.45) is 0 Å². The van der Waals surface area contributed by atoms with Crippen molar-refractivity contribution in [3.05, 3.63) is 48.6 Å². The fourth-order valence-electron chi connectivity index (χ4n) is 15.2. The van der Waals surface area contributed by atoms with Gasteiger partial charge >= 0.3 is 0 Å². The van der Waals surface area contributed by atoms with E-state index in [-0.39, 0.29) is 12.5 Å². The van der Waals surface area contributed by atoms with E-state index in [0.29, 0.717) is 12.8 Å². The van der Waals surface area contributed by atoms with E-state index in [1.807, 2.05) is 0 Å². The summed E-state index contributed by atoms with van der Waals surface area (Å²) in [7, 11) is 0. The van der Waals surface area contributed by atoms with Gasteiger partial charge in [0, 0.05) is 6.42 Å². The molecule has 2 fully saturated rings.